The molecular weight excluding hydrogens is 404 g/mol. The molecule has 2 aromatic rings. The number of Topliss-reactive ketones (excluding diaryl/α,β-unsaturated/α-hetero) is 1. The van der Waals surface area contributed by atoms with E-state index in [0.29, 0.717) is 5.56 Å². The van der Waals surface area contributed by atoms with Crippen LogP contribution in [0, 0.1) is 5.92 Å². The monoisotopic (exact) mass is 422 g/mol. The van der Waals surface area contributed by atoms with Crippen LogP contribution >= 0.6 is 15.9 Å². The van der Waals surface area contributed by atoms with Crippen LogP contribution in [0.3, 0.4) is 0 Å². The summed E-state index contributed by atoms with van der Waals surface area (Å²) in [6.07, 6.45) is 3.07. The van der Waals surface area contributed by atoms with E-state index >= 15 is 0 Å². The van der Waals surface area contributed by atoms with Gasteiger partial charge in [0.2, 0.25) is 0 Å². The van der Waals surface area contributed by atoms with E-state index in [9.17, 15) is 14.4 Å². The van der Waals surface area contributed by atoms with Crippen LogP contribution < -0.4 is 0 Å². The lowest BCUT2D eigenvalue weighted by molar-refractivity contribution is -0.159. The predicted molar refractivity (Wildman–Crippen MR) is 96.6 cm³/mol. The number of rotatable bonds is 7. The largest absolute Gasteiger partial charge is 0.468 e. The molecule has 1 aromatic carbocycles. The second-order valence-electron chi connectivity index (χ2n) is 5.67. The Morgan fingerprint density at radius 3 is 2.15 bits per heavy atom. The molecule has 0 bridgehead atoms. The van der Waals surface area contributed by atoms with Gasteiger partial charge >= 0.3 is 11.9 Å². The maximum Gasteiger partial charge on any atom is 0.320 e. The molecule has 7 nitrogen and oxygen atoms in total. The van der Waals surface area contributed by atoms with Gasteiger partial charge in [-0.1, -0.05) is 28.1 Å². The normalized spacial score (nSPS) is 11.9. The van der Waals surface area contributed by atoms with Gasteiger partial charge in [-0.05, 0) is 17.7 Å². The SMILES string of the molecule is COC(=O)C(C(=O)OC)C(CC(=O)c1nccn1C)c1ccc(Br)cc1. The number of benzene rings is 1. The van der Waals surface area contributed by atoms with Gasteiger partial charge in [-0.2, -0.15) is 0 Å². The molecule has 0 N–H and O–H groups in total. The van der Waals surface area contributed by atoms with Crippen LogP contribution in [0.15, 0.2) is 41.1 Å². The van der Waals surface area contributed by atoms with Crippen LogP contribution in [0.4, 0.5) is 0 Å². The Bertz CT molecular complexity index is 784. The first kappa shape index (κ1) is 19.8. The molecule has 138 valence electrons. The maximum atomic E-state index is 12.7. The first-order chi connectivity index (χ1) is 12.4. The van der Waals surface area contributed by atoms with Crippen molar-refractivity contribution in [3.05, 3.63) is 52.5 Å². The molecule has 1 aromatic heterocycles. The molecule has 0 amide bonds. The minimum absolute atomic E-state index is 0.0959. The van der Waals surface area contributed by atoms with Crippen molar-refractivity contribution in [1.82, 2.24) is 9.55 Å². The fraction of sp³-hybridized carbons (Fsp3) is 0.333. The number of imidazole rings is 1. The van der Waals surface area contributed by atoms with Gasteiger partial charge in [0.25, 0.3) is 0 Å². The molecule has 26 heavy (non-hydrogen) atoms. The third-order valence-electron chi connectivity index (χ3n) is 4.09. The zero-order chi connectivity index (χ0) is 19.3. The number of hydrogen-bond donors (Lipinski definition) is 0. The molecule has 0 aliphatic rings. The number of esters is 2. The van der Waals surface area contributed by atoms with Gasteiger partial charge in [0, 0.05) is 36.3 Å². The molecule has 0 spiro atoms. The number of methoxy groups -OCH3 is 2. The Balaban J connectivity index is 2.45. The van der Waals surface area contributed by atoms with E-state index in [1.165, 1.54) is 20.4 Å². The summed E-state index contributed by atoms with van der Waals surface area (Å²) >= 11 is 3.35. The standard InChI is InChI=1S/C18H19BrN2O5/c1-21-9-8-20-16(21)14(22)10-13(11-4-6-12(19)7-5-11)15(17(23)25-2)18(24)26-3/h4-9,13,15H,10H2,1-3H3. The van der Waals surface area contributed by atoms with Gasteiger partial charge in [0.1, 0.15) is 0 Å². The van der Waals surface area contributed by atoms with E-state index in [4.69, 9.17) is 9.47 Å². The Hall–Kier alpha value is -2.48. The molecule has 0 aliphatic carbocycles. The molecule has 0 saturated carbocycles. The average molecular weight is 423 g/mol. The molecule has 0 fully saturated rings. The third kappa shape index (κ3) is 4.37. The van der Waals surface area contributed by atoms with Gasteiger partial charge < -0.3 is 14.0 Å². The molecule has 1 heterocycles. The Morgan fingerprint density at radius 1 is 1.12 bits per heavy atom. The smallest absolute Gasteiger partial charge is 0.320 e. The zero-order valence-corrected chi connectivity index (χ0v) is 16.2. The summed E-state index contributed by atoms with van der Waals surface area (Å²) in [5, 5.41) is 0. The van der Waals surface area contributed by atoms with Gasteiger partial charge in [-0.15, -0.1) is 0 Å². The van der Waals surface area contributed by atoms with Crippen molar-refractivity contribution in [2.75, 3.05) is 14.2 Å². The molecule has 8 heteroatoms. The number of ketones is 1. The van der Waals surface area contributed by atoms with Gasteiger partial charge in [-0.25, -0.2) is 4.98 Å². The van der Waals surface area contributed by atoms with Crippen molar-refractivity contribution in [3.8, 4) is 0 Å². The fourth-order valence-corrected chi connectivity index (χ4v) is 3.01. The van der Waals surface area contributed by atoms with E-state index < -0.39 is 23.8 Å². The topological polar surface area (TPSA) is 87.5 Å². The lowest BCUT2D eigenvalue weighted by atomic mass is 9.82. The number of aromatic nitrogens is 2. The Kier molecular flexibility index (Phi) is 6.68. The number of aryl methyl sites for hydroxylation is 1. The lowest BCUT2D eigenvalue weighted by Crippen LogP contribution is -2.33. The number of halogens is 1. The molecule has 2 rings (SSSR count). The predicted octanol–water partition coefficient (Wildman–Crippen LogP) is 2.50. The molecule has 0 saturated heterocycles. The number of nitrogens with zero attached hydrogens (tertiary/aromatic N) is 2. The van der Waals surface area contributed by atoms with Crippen LogP contribution in [0.2, 0.25) is 0 Å². The highest BCUT2D eigenvalue weighted by molar-refractivity contribution is 9.10. The van der Waals surface area contributed by atoms with Crippen molar-refractivity contribution in [3.63, 3.8) is 0 Å². The summed E-state index contributed by atoms with van der Waals surface area (Å²) in [5.74, 6) is -3.54. The Morgan fingerprint density at radius 2 is 1.69 bits per heavy atom. The molecular formula is C18H19BrN2O5. The highest BCUT2D eigenvalue weighted by atomic mass is 79.9. The van der Waals surface area contributed by atoms with Gasteiger partial charge in [-0.3, -0.25) is 14.4 Å². The molecule has 0 aliphatic heterocycles. The quantitative estimate of drug-likeness (QED) is 0.387. The van der Waals surface area contributed by atoms with Crippen molar-refractivity contribution < 1.29 is 23.9 Å². The fourth-order valence-electron chi connectivity index (χ4n) is 2.74. The van der Waals surface area contributed by atoms with Crippen LogP contribution in [0.1, 0.15) is 28.5 Å². The summed E-state index contributed by atoms with van der Waals surface area (Å²) in [6.45, 7) is 0. The second-order valence-corrected chi connectivity index (χ2v) is 6.59. The summed E-state index contributed by atoms with van der Waals surface area (Å²) in [7, 11) is 4.09. The summed E-state index contributed by atoms with van der Waals surface area (Å²) in [5.41, 5.74) is 0.650. The lowest BCUT2D eigenvalue weighted by Gasteiger charge is -2.23. The van der Waals surface area contributed by atoms with Crippen LogP contribution in [-0.4, -0.2) is 41.5 Å². The number of carbonyl (C=O) groups excluding carboxylic acids is 3. The highest BCUT2D eigenvalue weighted by Crippen LogP contribution is 2.32. The summed E-state index contributed by atoms with van der Waals surface area (Å²) in [4.78, 5) is 41.3. The van der Waals surface area contributed by atoms with E-state index in [2.05, 4.69) is 20.9 Å². The van der Waals surface area contributed by atoms with Crippen LogP contribution in [-0.2, 0) is 26.1 Å². The van der Waals surface area contributed by atoms with E-state index in [1.807, 2.05) is 0 Å². The highest BCUT2D eigenvalue weighted by Gasteiger charge is 2.39. The number of ether oxygens (including phenoxy) is 2. The van der Waals surface area contributed by atoms with Crippen LogP contribution in [0.25, 0.3) is 0 Å². The average Bonchev–Trinajstić information content (AvgIpc) is 3.07. The molecule has 1 unspecified atom stereocenters. The first-order valence-electron chi connectivity index (χ1n) is 7.80. The minimum atomic E-state index is -1.25. The second kappa shape index (κ2) is 8.75. The van der Waals surface area contributed by atoms with Crippen molar-refractivity contribution in [1.29, 1.82) is 0 Å². The summed E-state index contributed by atoms with van der Waals surface area (Å²) in [6, 6.07) is 7.05. The van der Waals surface area contributed by atoms with E-state index in [-0.39, 0.29) is 18.0 Å². The number of hydrogen-bond acceptors (Lipinski definition) is 6. The van der Waals surface area contributed by atoms with Crippen LogP contribution in [0.5, 0.6) is 0 Å². The van der Waals surface area contributed by atoms with Crippen molar-refractivity contribution in [2.45, 2.75) is 12.3 Å². The number of carbonyl (C=O) groups is 3. The van der Waals surface area contributed by atoms with E-state index in [0.717, 1.165) is 4.47 Å². The third-order valence-corrected chi connectivity index (χ3v) is 4.62. The summed E-state index contributed by atoms with van der Waals surface area (Å²) < 4.78 is 12.0. The van der Waals surface area contributed by atoms with Crippen molar-refractivity contribution in [2.24, 2.45) is 13.0 Å². The van der Waals surface area contributed by atoms with Gasteiger partial charge in [0.15, 0.2) is 17.5 Å². The minimum Gasteiger partial charge on any atom is -0.468 e. The van der Waals surface area contributed by atoms with E-state index in [1.54, 1.807) is 42.1 Å². The Labute approximate surface area is 159 Å². The maximum absolute atomic E-state index is 12.7. The zero-order valence-electron chi connectivity index (χ0n) is 14.6. The van der Waals surface area contributed by atoms with Crippen molar-refractivity contribution >= 4 is 33.7 Å². The molecule has 0 radical (unpaired) electrons. The van der Waals surface area contributed by atoms with Gasteiger partial charge in [0.05, 0.1) is 14.2 Å². The molecule has 1 atom stereocenters. The first-order valence-corrected chi connectivity index (χ1v) is 8.60.